The number of amides is 1. The van der Waals surface area contributed by atoms with E-state index in [0.29, 0.717) is 17.6 Å². The van der Waals surface area contributed by atoms with E-state index in [2.05, 4.69) is 20.1 Å². The van der Waals surface area contributed by atoms with Gasteiger partial charge in [0.2, 0.25) is 5.91 Å². The van der Waals surface area contributed by atoms with E-state index in [1.807, 2.05) is 30.3 Å². The summed E-state index contributed by atoms with van der Waals surface area (Å²) in [6.07, 6.45) is 4.46. The Kier molecular flexibility index (Phi) is 5.60. The number of nitrogens with one attached hydrogen (secondary N) is 1. The number of nitro benzene ring substituents is 1. The number of nitrogens with zero attached hydrogens (tertiary/aromatic N) is 4. The summed E-state index contributed by atoms with van der Waals surface area (Å²) in [5.41, 5.74) is 0.877. The molecule has 1 unspecified atom stereocenters. The second-order valence-electron chi connectivity index (χ2n) is 8.04. The topological polar surface area (TPSA) is 103 Å². The first-order valence-electron chi connectivity index (χ1n) is 10.4. The minimum absolute atomic E-state index is 0.0205. The fraction of sp³-hybridized carbons (Fsp3) is 0.318. The SMILES string of the molecule is O=C(Nc1ccc(Cl)c([N+](=O)[O-])c1)C(Sc1nnc(C2CC2)n1C1CC1)c1ccccc1. The lowest BCUT2D eigenvalue weighted by Gasteiger charge is -2.17. The molecule has 1 aromatic heterocycles. The molecule has 0 bridgehead atoms. The molecule has 2 aromatic carbocycles. The van der Waals surface area contributed by atoms with Crippen molar-refractivity contribution in [2.45, 2.75) is 48.0 Å². The Labute approximate surface area is 193 Å². The van der Waals surface area contributed by atoms with Crippen LogP contribution in [0.4, 0.5) is 11.4 Å². The number of benzene rings is 2. The monoisotopic (exact) mass is 469 g/mol. The van der Waals surface area contributed by atoms with E-state index in [1.54, 1.807) is 6.07 Å². The van der Waals surface area contributed by atoms with Crippen molar-refractivity contribution in [2.75, 3.05) is 5.32 Å². The molecular formula is C22H20ClN5O3S. The van der Waals surface area contributed by atoms with Gasteiger partial charge in [-0.05, 0) is 43.4 Å². The summed E-state index contributed by atoms with van der Waals surface area (Å²) in [5.74, 6) is 1.20. The van der Waals surface area contributed by atoms with Gasteiger partial charge in [-0.3, -0.25) is 14.9 Å². The Hall–Kier alpha value is -2.91. The molecule has 2 aliphatic carbocycles. The molecule has 0 aliphatic heterocycles. The number of hydrogen-bond donors (Lipinski definition) is 1. The summed E-state index contributed by atoms with van der Waals surface area (Å²) in [6, 6.07) is 14.1. The van der Waals surface area contributed by atoms with Crippen molar-refractivity contribution in [3.05, 3.63) is 75.1 Å². The van der Waals surface area contributed by atoms with Gasteiger partial charge in [0.25, 0.3) is 5.69 Å². The summed E-state index contributed by atoms with van der Waals surface area (Å²) >= 11 is 7.26. The van der Waals surface area contributed by atoms with Crippen LogP contribution in [0, 0.1) is 10.1 Å². The molecule has 3 aromatic rings. The van der Waals surface area contributed by atoms with Crippen molar-refractivity contribution < 1.29 is 9.72 Å². The van der Waals surface area contributed by atoms with Gasteiger partial charge < -0.3 is 9.88 Å². The number of carbonyl (C=O) groups excluding carboxylic acids is 1. The molecule has 1 amide bonds. The summed E-state index contributed by atoms with van der Waals surface area (Å²) < 4.78 is 2.21. The van der Waals surface area contributed by atoms with E-state index >= 15 is 0 Å². The summed E-state index contributed by atoms with van der Waals surface area (Å²) in [7, 11) is 0. The van der Waals surface area contributed by atoms with Crippen LogP contribution in [0.15, 0.2) is 53.7 Å². The highest BCUT2D eigenvalue weighted by Gasteiger charge is 2.37. The van der Waals surface area contributed by atoms with Gasteiger partial charge in [0, 0.05) is 23.7 Å². The third-order valence-corrected chi connectivity index (χ3v) is 7.05. The zero-order valence-corrected chi connectivity index (χ0v) is 18.6. The van der Waals surface area contributed by atoms with Crippen molar-refractivity contribution in [1.82, 2.24) is 14.8 Å². The summed E-state index contributed by atoms with van der Waals surface area (Å²) in [5, 5.41) is 23.1. The van der Waals surface area contributed by atoms with Gasteiger partial charge in [0.1, 0.15) is 16.1 Å². The first-order valence-corrected chi connectivity index (χ1v) is 11.7. The average molecular weight is 470 g/mol. The van der Waals surface area contributed by atoms with Gasteiger partial charge in [-0.25, -0.2) is 0 Å². The molecule has 10 heteroatoms. The van der Waals surface area contributed by atoms with Crippen LogP contribution in [0.2, 0.25) is 5.02 Å². The molecule has 1 N–H and O–H groups in total. The molecule has 32 heavy (non-hydrogen) atoms. The maximum absolute atomic E-state index is 13.3. The highest BCUT2D eigenvalue weighted by atomic mass is 35.5. The van der Waals surface area contributed by atoms with Crippen LogP contribution in [-0.4, -0.2) is 25.6 Å². The highest BCUT2D eigenvalue weighted by molar-refractivity contribution is 8.00. The number of carbonyl (C=O) groups is 1. The van der Waals surface area contributed by atoms with Crippen LogP contribution >= 0.6 is 23.4 Å². The first kappa shape index (κ1) is 21.0. The maximum atomic E-state index is 13.3. The molecular weight excluding hydrogens is 450 g/mol. The molecule has 2 fully saturated rings. The van der Waals surface area contributed by atoms with E-state index < -0.39 is 10.2 Å². The van der Waals surface area contributed by atoms with Gasteiger partial charge in [-0.1, -0.05) is 53.7 Å². The van der Waals surface area contributed by atoms with E-state index in [1.165, 1.54) is 23.9 Å². The lowest BCUT2D eigenvalue weighted by Crippen LogP contribution is -2.19. The van der Waals surface area contributed by atoms with Gasteiger partial charge in [-0.15, -0.1) is 10.2 Å². The number of hydrogen-bond acceptors (Lipinski definition) is 6. The van der Waals surface area contributed by atoms with Crippen LogP contribution in [-0.2, 0) is 4.79 Å². The Morgan fingerprint density at radius 1 is 1.16 bits per heavy atom. The van der Waals surface area contributed by atoms with Crippen LogP contribution in [0.1, 0.15) is 54.3 Å². The number of aromatic nitrogens is 3. The molecule has 0 spiro atoms. The molecule has 1 heterocycles. The van der Waals surface area contributed by atoms with Gasteiger partial charge in [0.05, 0.1) is 4.92 Å². The lowest BCUT2D eigenvalue weighted by molar-refractivity contribution is -0.384. The van der Waals surface area contributed by atoms with Crippen molar-refractivity contribution in [3.8, 4) is 0 Å². The van der Waals surface area contributed by atoms with Gasteiger partial charge >= 0.3 is 0 Å². The third kappa shape index (κ3) is 4.35. The van der Waals surface area contributed by atoms with Crippen LogP contribution < -0.4 is 5.32 Å². The van der Waals surface area contributed by atoms with Crippen molar-refractivity contribution >= 4 is 40.6 Å². The van der Waals surface area contributed by atoms with Gasteiger partial charge in [-0.2, -0.15) is 0 Å². The number of thioether (sulfide) groups is 1. The zero-order chi connectivity index (χ0) is 22.2. The molecule has 2 saturated carbocycles. The van der Waals surface area contributed by atoms with Crippen LogP contribution in [0.5, 0.6) is 0 Å². The van der Waals surface area contributed by atoms with E-state index in [0.717, 1.165) is 42.2 Å². The Bertz CT molecular complexity index is 1180. The Morgan fingerprint density at radius 3 is 2.56 bits per heavy atom. The standard InChI is InChI=1S/C22H20ClN5O3S/c23-17-11-8-15(12-18(17)28(30)31)24-21(29)19(13-4-2-1-3-5-13)32-22-26-25-20(14-6-7-14)27(22)16-9-10-16/h1-5,8,11-12,14,16,19H,6-7,9-10H2,(H,24,29). The second-order valence-corrected chi connectivity index (χ2v) is 9.52. The summed E-state index contributed by atoms with van der Waals surface area (Å²) in [6.45, 7) is 0. The number of halogens is 1. The fourth-order valence-electron chi connectivity index (χ4n) is 3.61. The van der Waals surface area contributed by atoms with Crippen molar-refractivity contribution in [2.24, 2.45) is 0 Å². The third-order valence-electron chi connectivity index (χ3n) is 5.52. The van der Waals surface area contributed by atoms with E-state index in [4.69, 9.17) is 11.6 Å². The predicted molar refractivity (Wildman–Crippen MR) is 122 cm³/mol. The van der Waals surface area contributed by atoms with Crippen LogP contribution in [0.25, 0.3) is 0 Å². The molecule has 5 rings (SSSR count). The smallest absolute Gasteiger partial charge is 0.289 e. The maximum Gasteiger partial charge on any atom is 0.289 e. The molecule has 2 aliphatic rings. The van der Waals surface area contributed by atoms with Crippen LogP contribution in [0.3, 0.4) is 0 Å². The Morgan fingerprint density at radius 2 is 1.91 bits per heavy atom. The second kappa shape index (κ2) is 8.55. The highest BCUT2D eigenvalue weighted by Crippen LogP contribution is 2.47. The van der Waals surface area contributed by atoms with Gasteiger partial charge in [0.15, 0.2) is 5.16 Å². The summed E-state index contributed by atoms with van der Waals surface area (Å²) in [4.78, 5) is 24.0. The van der Waals surface area contributed by atoms with E-state index in [9.17, 15) is 14.9 Å². The average Bonchev–Trinajstić information content (AvgIpc) is 3.72. The zero-order valence-electron chi connectivity index (χ0n) is 17.0. The van der Waals surface area contributed by atoms with E-state index in [-0.39, 0.29) is 16.6 Å². The molecule has 1 atom stereocenters. The number of nitro groups is 1. The fourth-order valence-corrected chi connectivity index (χ4v) is 4.91. The van der Waals surface area contributed by atoms with Crippen molar-refractivity contribution in [3.63, 3.8) is 0 Å². The number of anilines is 1. The predicted octanol–water partition coefficient (Wildman–Crippen LogP) is 5.52. The largest absolute Gasteiger partial charge is 0.325 e. The Balaban J connectivity index is 1.44. The molecule has 8 nitrogen and oxygen atoms in total. The quantitative estimate of drug-likeness (QED) is 0.264. The minimum Gasteiger partial charge on any atom is -0.325 e. The molecule has 0 radical (unpaired) electrons. The molecule has 164 valence electrons. The first-order chi connectivity index (χ1) is 15.5. The normalized spacial score (nSPS) is 16.5. The minimum atomic E-state index is -0.598. The van der Waals surface area contributed by atoms with Crippen molar-refractivity contribution in [1.29, 1.82) is 0 Å². The number of rotatable bonds is 8. The molecule has 0 saturated heterocycles. The lowest BCUT2D eigenvalue weighted by atomic mass is 10.1.